The van der Waals surface area contributed by atoms with Crippen LogP contribution < -0.4 is 11.1 Å². The van der Waals surface area contributed by atoms with Gasteiger partial charge in [-0.2, -0.15) is 0 Å². The first kappa shape index (κ1) is 13.9. The molecule has 100 valence electrons. The fourth-order valence-corrected chi connectivity index (χ4v) is 3.11. The van der Waals surface area contributed by atoms with Gasteiger partial charge in [0.05, 0.1) is 15.7 Å². The van der Waals surface area contributed by atoms with Crippen molar-refractivity contribution >= 4 is 28.9 Å². The zero-order chi connectivity index (χ0) is 13.1. The number of halogens is 3. The first-order chi connectivity index (χ1) is 8.61. The summed E-state index contributed by atoms with van der Waals surface area (Å²) in [5.41, 5.74) is 6.40. The highest BCUT2D eigenvalue weighted by molar-refractivity contribution is 6.39. The third-order valence-electron chi connectivity index (χ3n) is 3.55. The van der Waals surface area contributed by atoms with Gasteiger partial charge in [-0.15, -0.1) is 0 Å². The van der Waals surface area contributed by atoms with Gasteiger partial charge in [0.2, 0.25) is 0 Å². The lowest BCUT2D eigenvalue weighted by Crippen LogP contribution is -2.36. The van der Waals surface area contributed by atoms with E-state index in [0.29, 0.717) is 28.2 Å². The van der Waals surface area contributed by atoms with Crippen LogP contribution in [-0.2, 0) is 0 Å². The first-order valence-electron chi connectivity index (χ1n) is 6.23. The molecule has 0 radical (unpaired) electrons. The standard InChI is InChI=1S/C13H17Cl2FN2/c14-10-5-9(16)6-11(15)13(10)18-12-4-2-1-3-8(12)7-17/h5-6,8,12,18H,1-4,7,17H2. The van der Waals surface area contributed by atoms with Crippen LogP contribution in [0.2, 0.25) is 10.0 Å². The molecule has 2 unspecified atom stereocenters. The Bertz CT molecular complexity index is 402. The van der Waals surface area contributed by atoms with E-state index in [1.807, 2.05) is 0 Å². The van der Waals surface area contributed by atoms with Crippen molar-refractivity contribution in [2.24, 2.45) is 11.7 Å². The van der Waals surface area contributed by atoms with Crippen LogP contribution in [0, 0.1) is 11.7 Å². The van der Waals surface area contributed by atoms with Crippen LogP contribution >= 0.6 is 23.2 Å². The molecule has 1 aliphatic rings. The normalized spacial score (nSPS) is 24.0. The second kappa shape index (κ2) is 6.09. The van der Waals surface area contributed by atoms with Crippen LogP contribution in [0.3, 0.4) is 0 Å². The van der Waals surface area contributed by atoms with Crippen molar-refractivity contribution in [3.8, 4) is 0 Å². The molecular formula is C13H17Cl2FN2. The topological polar surface area (TPSA) is 38.0 Å². The van der Waals surface area contributed by atoms with Crippen molar-refractivity contribution in [3.63, 3.8) is 0 Å². The molecule has 2 nitrogen and oxygen atoms in total. The van der Waals surface area contributed by atoms with Crippen molar-refractivity contribution in [2.45, 2.75) is 31.7 Å². The summed E-state index contributed by atoms with van der Waals surface area (Å²) >= 11 is 12.1. The van der Waals surface area contributed by atoms with Crippen LogP contribution in [-0.4, -0.2) is 12.6 Å². The maximum Gasteiger partial charge on any atom is 0.126 e. The molecule has 3 N–H and O–H groups in total. The van der Waals surface area contributed by atoms with Crippen LogP contribution in [0.25, 0.3) is 0 Å². The largest absolute Gasteiger partial charge is 0.380 e. The van der Waals surface area contributed by atoms with E-state index < -0.39 is 5.82 Å². The summed E-state index contributed by atoms with van der Waals surface area (Å²) in [5, 5.41) is 3.98. The van der Waals surface area contributed by atoms with E-state index >= 15 is 0 Å². The second-order valence-corrected chi connectivity index (χ2v) is 5.59. The predicted molar refractivity (Wildman–Crippen MR) is 74.8 cm³/mol. The zero-order valence-electron chi connectivity index (χ0n) is 10.1. The van der Waals surface area contributed by atoms with Gasteiger partial charge in [0, 0.05) is 6.04 Å². The Morgan fingerprint density at radius 1 is 1.22 bits per heavy atom. The average Bonchev–Trinajstić information content (AvgIpc) is 2.34. The average molecular weight is 291 g/mol. The van der Waals surface area contributed by atoms with Crippen molar-refractivity contribution < 1.29 is 4.39 Å². The van der Waals surface area contributed by atoms with E-state index in [2.05, 4.69) is 5.32 Å². The first-order valence-corrected chi connectivity index (χ1v) is 6.98. The van der Waals surface area contributed by atoms with Crippen molar-refractivity contribution in [2.75, 3.05) is 11.9 Å². The monoisotopic (exact) mass is 290 g/mol. The molecule has 0 heterocycles. The Morgan fingerprint density at radius 3 is 2.44 bits per heavy atom. The molecule has 2 atom stereocenters. The van der Waals surface area contributed by atoms with Gasteiger partial charge in [-0.05, 0) is 37.4 Å². The van der Waals surface area contributed by atoms with Crippen LogP contribution in [0.4, 0.5) is 10.1 Å². The number of anilines is 1. The van der Waals surface area contributed by atoms with Gasteiger partial charge in [-0.25, -0.2) is 4.39 Å². The number of rotatable bonds is 3. The van der Waals surface area contributed by atoms with Gasteiger partial charge in [0.25, 0.3) is 0 Å². The molecule has 0 amide bonds. The minimum Gasteiger partial charge on any atom is -0.380 e. The van der Waals surface area contributed by atoms with Gasteiger partial charge in [0.1, 0.15) is 5.82 Å². The van der Waals surface area contributed by atoms with E-state index in [1.165, 1.54) is 25.0 Å². The Balaban J connectivity index is 2.17. The molecule has 0 spiro atoms. The van der Waals surface area contributed by atoms with Gasteiger partial charge < -0.3 is 11.1 Å². The molecule has 1 aromatic rings. The maximum atomic E-state index is 13.1. The predicted octanol–water partition coefficient (Wildman–Crippen LogP) is 4.06. The van der Waals surface area contributed by atoms with Gasteiger partial charge in [0.15, 0.2) is 0 Å². The van der Waals surface area contributed by atoms with Gasteiger partial charge in [-0.1, -0.05) is 36.0 Å². The molecule has 1 fully saturated rings. The third kappa shape index (κ3) is 3.08. The number of hydrogen-bond acceptors (Lipinski definition) is 2. The summed E-state index contributed by atoms with van der Waals surface area (Å²) in [7, 11) is 0. The van der Waals surface area contributed by atoms with E-state index in [0.717, 1.165) is 12.8 Å². The van der Waals surface area contributed by atoms with E-state index in [9.17, 15) is 4.39 Å². The smallest absolute Gasteiger partial charge is 0.126 e. The highest BCUT2D eigenvalue weighted by Crippen LogP contribution is 2.35. The van der Waals surface area contributed by atoms with Crippen LogP contribution in [0.1, 0.15) is 25.7 Å². The molecule has 0 saturated heterocycles. The molecule has 1 saturated carbocycles. The molecule has 1 aliphatic carbocycles. The number of nitrogens with two attached hydrogens (primary N) is 1. The van der Waals surface area contributed by atoms with Crippen LogP contribution in [0.5, 0.6) is 0 Å². The minimum absolute atomic E-state index is 0.268. The molecule has 18 heavy (non-hydrogen) atoms. The van der Waals surface area contributed by atoms with Crippen LogP contribution in [0.15, 0.2) is 12.1 Å². The summed E-state index contributed by atoms with van der Waals surface area (Å²) in [6.45, 7) is 0.647. The Morgan fingerprint density at radius 2 is 1.83 bits per heavy atom. The molecule has 0 aromatic heterocycles. The fourth-order valence-electron chi connectivity index (χ4n) is 2.55. The van der Waals surface area contributed by atoms with Crippen molar-refractivity contribution in [1.29, 1.82) is 0 Å². The number of nitrogens with one attached hydrogen (secondary N) is 1. The Kier molecular flexibility index (Phi) is 4.71. The summed E-state index contributed by atoms with van der Waals surface area (Å²) in [5.74, 6) is 0.00510. The highest BCUT2D eigenvalue weighted by Gasteiger charge is 2.25. The van der Waals surface area contributed by atoms with E-state index in [1.54, 1.807) is 0 Å². The van der Waals surface area contributed by atoms with E-state index in [4.69, 9.17) is 28.9 Å². The Labute approximate surface area is 117 Å². The summed E-state index contributed by atoms with van der Waals surface area (Å²) in [6, 6.07) is 2.82. The lowest BCUT2D eigenvalue weighted by atomic mass is 9.84. The molecule has 0 aliphatic heterocycles. The Hall–Kier alpha value is -0.510. The van der Waals surface area contributed by atoms with Gasteiger partial charge >= 0.3 is 0 Å². The van der Waals surface area contributed by atoms with Gasteiger partial charge in [-0.3, -0.25) is 0 Å². The number of hydrogen-bond donors (Lipinski definition) is 2. The fraction of sp³-hybridized carbons (Fsp3) is 0.538. The summed E-state index contributed by atoms with van der Waals surface area (Å²) in [6.07, 6.45) is 4.55. The van der Waals surface area contributed by atoms with Crippen molar-refractivity contribution in [1.82, 2.24) is 0 Å². The van der Waals surface area contributed by atoms with Crippen molar-refractivity contribution in [3.05, 3.63) is 28.0 Å². The van der Waals surface area contributed by atoms with E-state index in [-0.39, 0.29) is 6.04 Å². The lowest BCUT2D eigenvalue weighted by Gasteiger charge is -2.32. The quantitative estimate of drug-likeness (QED) is 0.881. The summed E-state index contributed by atoms with van der Waals surface area (Å²) in [4.78, 5) is 0. The molecular weight excluding hydrogens is 274 g/mol. The minimum atomic E-state index is -0.422. The molecule has 1 aromatic carbocycles. The lowest BCUT2D eigenvalue weighted by molar-refractivity contribution is 0.332. The SMILES string of the molecule is NCC1CCCCC1Nc1c(Cl)cc(F)cc1Cl. The molecule has 5 heteroatoms. The second-order valence-electron chi connectivity index (χ2n) is 4.78. The number of benzene rings is 1. The highest BCUT2D eigenvalue weighted by atomic mass is 35.5. The summed E-state index contributed by atoms with van der Waals surface area (Å²) < 4.78 is 13.1. The maximum absolute atomic E-state index is 13.1. The molecule has 0 bridgehead atoms. The third-order valence-corrected chi connectivity index (χ3v) is 4.14. The molecule has 2 rings (SSSR count). The zero-order valence-corrected chi connectivity index (χ0v) is 11.6.